The Kier molecular flexibility index (Phi) is 5.19. The molecule has 0 saturated carbocycles. The van der Waals surface area contributed by atoms with E-state index in [2.05, 4.69) is 36.2 Å². The summed E-state index contributed by atoms with van der Waals surface area (Å²) >= 11 is 1.60. The van der Waals surface area contributed by atoms with Crippen molar-refractivity contribution in [2.75, 3.05) is 6.54 Å². The van der Waals surface area contributed by atoms with Crippen molar-refractivity contribution in [2.45, 2.75) is 40.3 Å². The molecule has 0 fully saturated rings. The Morgan fingerprint density at radius 3 is 2.80 bits per heavy atom. The number of amides is 2. The first-order chi connectivity index (χ1) is 14.2. The summed E-state index contributed by atoms with van der Waals surface area (Å²) in [5.41, 5.74) is 2.95. The third-order valence-corrected chi connectivity index (χ3v) is 6.05. The molecule has 0 spiro atoms. The van der Waals surface area contributed by atoms with Gasteiger partial charge in [0.1, 0.15) is 12.2 Å². The first kappa shape index (κ1) is 20.3. The molecule has 3 aromatic heterocycles. The molecule has 8 heteroatoms. The van der Waals surface area contributed by atoms with Crippen LogP contribution in [0.25, 0.3) is 10.2 Å². The van der Waals surface area contributed by atoms with E-state index < -0.39 is 0 Å². The van der Waals surface area contributed by atoms with Crippen LogP contribution in [0.4, 0.5) is 0 Å². The van der Waals surface area contributed by atoms with Crippen molar-refractivity contribution in [3.63, 3.8) is 0 Å². The van der Waals surface area contributed by atoms with Crippen molar-refractivity contribution in [1.82, 2.24) is 19.9 Å². The fourth-order valence-corrected chi connectivity index (χ4v) is 4.28. The number of aromatic nitrogens is 2. The Hall–Kier alpha value is -3.00. The van der Waals surface area contributed by atoms with Crippen molar-refractivity contribution in [1.29, 1.82) is 0 Å². The number of carbonyl (C=O) groups is 2. The molecule has 0 radical (unpaired) electrons. The largest absolute Gasteiger partial charge is 0.346 e. The number of nitrogens with one attached hydrogen (secondary N) is 1. The fraction of sp³-hybridized carbons (Fsp3) is 0.364. The van der Waals surface area contributed by atoms with Crippen LogP contribution in [0.2, 0.25) is 0 Å². The van der Waals surface area contributed by atoms with E-state index in [4.69, 9.17) is 0 Å². The molecule has 0 bridgehead atoms. The fourth-order valence-electron chi connectivity index (χ4n) is 3.45. The molecule has 1 aliphatic heterocycles. The molecule has 0 unspecified atom stereocenters. The van der Waals surface area contributed by atoms with E-state index in [1.54, 1.807) is 17.5 Å². The Balaban J connectivity index is 1.61. The molecule has 0 aromatic carbocycles. The highest BCUT2D eigenvalue weighted by Crippen LogP contribution is 2.30. The lowest BCUT2D eigenvalue weighted by Gasteiger charge is -2.23. The van der Waals surface area contributed by atoms with Crippen LogP contribution >= 0.6 is 11.3 Å². The summed E-state index contributed by atoms with van der Waals surface area (Å²) in [4.78, 5) is 30.3. The lowest BCUT2D eigenvalue weighted by molar-refractivity contribution is -0.122. The van der Waals surface area contributed by atoms with Gasteiger partial charge < -0.3 is 9.88 Å². The van der Waals surface area contributed by atoms with Gasteiger partial charge in [-0.3, -0.25) is 14.6 Å². The van der Waals surface area contributed by atoms with Gasteiger partial charge in [-0.1, -0.05) is 26.8 Å². The van der Waals surface area contributed by atoms with Gasteiger partial charge in [0.15, 0.2) is 0 Å². The zero-order valence-corrected chi connectivity index (χ0v) is 18.4. The van der Waals surface area contributed by atoms with Crippen molar-refractivity contribution in [3.8, 4) is 0 Å². The Labute approximate surface area is 179 Å². The van der Waals surface area contributed by atoms with Gasteiger partial charge in [-0.2, -0.15) is 5.10 Å². The predicted molar refractivity (Wildman–Crippen MR) is 119 cm³/mol. The summed E-state index contributed by atoms with van der Waals surface area (Å²) in [6.45, 7) is 8.44. The summed E-state index contributed by atoms with van der Waals surface area (Å²) in [6.07, 6.45) is 1.69. The first-order valence-electron chi connectivity index (χ1n) is 9.91. The Bertz CT molecular complexity index is 1120. The molecule has 0 aliphatic carbocycles. The molecule has 2 amide bonds. The minimum absolute atomic E-state index is 0.144. The van der Waals surface area contributed by atoms with Crippen molar-refractivity contribution in [3.05, 3.63) is 53.3 Å². The standard InChI is InChI=1S/C22H25N5O2S/c1-14(15-7-5-6-9-23-15)24-20(28)13-27-21(29)17-11-18-16(8-10-30-18)26(17)12-19(25-27)22(2,3)4/h5-11,14H,12-13H2,1-4H3,(H,24,28)/t14-/m0/s1. The monoisotopic (exact) mass is 423 g/mol. The zero-order valence-electron chi connectivity index (χ0n) is 17.5. The normalized spacial score (nSPS) is 15.5. The number of thiophene rings is 1. The predicted octanol–water partition coefficient (Wildman–Crippen LogP) is 3.83. The van der Waals surface area contributed by atoms with Crippen molar-refractivity contribution >= 4 is 39.1 Å². The van der Waals surface area contributed by atoms with Gasteiger partial charge in [0.2, 0.25) is 5.91 Å². The molecule has 7 nitrogen and oxygen atoms in total. The van der Waals surface area contributed by atoms with E-state index in [1.165, 1.54) is 5.01 Å². The number of hydrogen-bond acceptors (Lipinski definition) is 5. The van der Waals surface area contributed by atoms with Gasteiger partial charge in [-0.05, 0) is 36.6 Å². The van der Waals surface area contributed by atoms with E-state index in [-0.39, 0.29) is 29.8 Å². The minimum Gasteiger partial charge on any atom is -0.346 e. The molecule has 156 valence electrons. The Morgan fingerprint density at radius 2 is 2.10 bits per heavy atom. The second-order valence-electron chi connectivity index (χ2n) is 8.49. The van der Waals surface area contributed by atoms with Gasteiger partial charge in [0.05, 0.1) is 34.2 Å². The number of hydrazone groups is 1. The maximum Gasteiger partial charge on any atom is 0.291 e. The van der Waals surface area contributed by atoms with Crippen LogP contribution in [0, 0.1) is 5.41 Å². The lowest BCUT2D eigenvalue weighted by atomic mass is 9.90. The second-order valence-corrected chi connectivity index (χ2v) is 9.44. The topological polar surface area (TPSA) is 79.6 Å². The number of pyridine rings is 1. The van der Waals surface area contributed by atoms with E-state index in [0.717, 1.165) is 21.6 Å². The van der Waals surface area contributed by atoms with Gasteiger partial charge in [0, 0.05) is 11.6 Å². The molecule has 4 heterocycles. The van der Waals surface area contributed by atoms with Gasteiger partial charge in [-0.25, -0.2) is 5.01 Å². The third-order valence-electron chi connectivity index (χ3n) is 5.19. The number of rotatable bonds is 4. The van der Waals surface area contributed by atoms with E-state index in [0.29, 0.717) is 12.2 Å². The van der Waals surface area contributed by atoms with E-state index in [9.17, 15) is 9.59 Å². The first-order valence-corrected chi connectivity index (χ1v) is 10.8. The molecule has 0 saturated heterocycles. The van der Waals surface area contributed by atoms with Crippen molar-refractivity contribution in [2.24, 2.45) is 10.5 Å². The zero-order chi connectivity index (χ0) is 21.5. The number of fused-ring (bicyclic) bond motifs is 3. The van der Waals surface area contributed by atoms with E-state index >= 15 is 0 Å². The van der Waals surface area contributed by atoms with Crippen LogP contribution in [0.3, 0.4) is 0 Å². The molecule has 4 rings (SSSR count). The maximum absolute atomic E-state index is 13.3. The molecular formula is C22H25N5O2S. The van der Waals surface area contributed by atoms with Crippen molar-refractivity contribution < 1.29 is 9.59 Å². The highest BCUT2D eigenvalue weighted by Gasteiger charge is 2.31. The van der Waals surface area contributed by atoms with Gasteiger partial charge in [-0.15, -0.1) is 11.3 Å². The summed E-state index contributed by atoms with van der Waals surface area (Å²) in [7, 11) is 0. The third kappa shape index (κ3) is 3.87. The average molecular weight is 424 g/mol. The smallest absolute Gasteiger partial charge is 0.291 e. The molecule has 1 aliphatic rings. The SMILES string of the molecule is C[C@H](NC(=O)CN1N=C(C(C)(C)C)Cn2c(cc3sccc32)C1=O)c1ccccn1. The summed E-state index contributed by atoms with van der Waals surface area (Å²) in [6, 6.07) is 9.22. The minimum atomic E-state index is -0.277. The summed E-state index contributed by atoms with van der Waals surface area (Å²) in [5, 5.41) is 10.9. The van der Waals surface area contributed by atoms with Crippen LogP contribution in [0.1, 0.15) is 49.9 Å². The van der Waals surface area contributed by atoms with Crippen LogP contribution < -0.4 is 5.32 Å². The average Bonchev–Trinajstić information content (AvgIpc) is 3.25. The maximum atomic E-state index is 13.3. The van der Waals surface area contributed by atoms with Gasteiger partial charge in [0.25, 0.3) is 5.91 Å². The summed E-state index contributed by atoms with van der Waals surface area (Å²) < 4.78 is 3.06. The highest BCUT2D eigenvalue weighted by molar-refractivity contribution is 7.17. The molecule has 1 N–H and O–H groups in total. The van der Waals surface area contributed by atoms with Crippen LogP contribution in [-0.2, 0) is 11.3 Å². The van der Waals surface area contributed by atoms with Crippen LogP contribution in [0.15, 0.2) is 47.0 Å². The van der Waals surface area contributed by atoms with Crippen LogP contribution in [0.5, 0.6) is 0 Å². The number of nitrogens with zero attached hydrogens (tertiary/aromatic N) is 4. The number of hydrogen-bond donors (Lipinski definition) is 1. The van der Waals surface area contributed by atoms with Crippen LogP contribution in [-0.4, -0.2) is 38.6 Å². The molecule has 1 atom stereocenters. The Morgan fingerprint density at radius 1 is 1.30 bits per heavy atom. The molecular weight excluding hydrogens is 398 g/mol. The van der Waals surface area contributed by atoms with Gasteiger partial charge >= 0.3 is 0 Å². The molecule has 3 aromatic rings. The van der Waals surface area contributed by atoms with E-state index in [1.807, 2.05) is 47.2 Å². The quantitative estimate of drug-likeness (QED) is 0.693. The highest BCUT2D eigenvalue weighted by atomic mass is 32.1. The number of carbonyl (C=O) groups excluding carboxylic acids is 2. The lowest BCUT2D eigenvalue weighted by Crippen LogP contribution is -2.39. The summed E-state index contributed by atoms with van der Waals surface area (Å²) in [5.74, 6) is -0.543. The molecule has 30 heavy (non-hydrogen) atoms. The second kappa shape index (κ2) is 7.68.